The van der Waals surface area contributed by atoms with Crippen LogP contribution in [0.4, 0.5) is 0 Å². The average Bonchev–Trinajstić information content (AvgIpc) is 3.30. The van der Waals surface area contributed by atoms with Gasteiger partial charge in [-0.05, 0) is 124 Å². The predicted molar refractivity (Wildman–Crippen MR) is 235 cm³/mol. The second-order valence-corrected chi connectivity index (χ2v) is 17.5. The highest BCUT2D eigenvalue weighted by Crippen LogP contribution is 2.45. The third-order valence-corrected chi connectivity index (χ3v) is 14.1. The first kappa shape index (κ1) is 41.9. The van der Waals surface area contributed by atoms with Crippen LogP contribution in [-0.2, 0) is 19.1 Å². The number of nitrogens with zero attached hydrogens (tertiary/aromatic N) is 4. The fourth-order valence-electron chi connectivity index (χ4n) is 10.8. The van der Waals surface area contributed by atoms with Gasteiger partial charge < -0.3 is 18.9 Å². The molecule has 2 aromatic heterocycles. The number of esters is 2. The number of unbranched alkanes of at least 4 members (excludes halogenated alkanes) is 5. The topological polar surface area (TPSA) is 103 Å². The van der Waals surface area contributed by atoms with Crippen LogP contribution >= 0.6 is 0 Å². The van der Waals surface area contributed by atoms with Crippen molar-refractivity contribution >= 4 is 33.7 Å². The van der Waals surface area contributed by atoms with Gasteiger partial charge in [-0.15, -0.1) is 13.2 Å². The zero-order valence-corrected chi connectivity index (χ0v) is 35.5. The first-order valence-electron chi connectivity index (χ1n) is 22.3. The molecule has 0 N–H and O–H groups in total. The smallest absolute Gasteiger partial charge is 0.306 e. The fourth-order valence-corrected chi connectivity index (χ4v) is 10.8. The number of carbonyl (C=O) groups is 2. The van der Waals surface area contributed by atoms with Gasteiger partial charge in [-0.3, -0.25) is 29.4 Å². The molecule has 0 spiro atoms. The lowest BCUT2D eigenvalue weighted by atomic mass is 9.73. The number of carbonyl (C=O) groups excluding carboxylic acids is 2. The van der Waals surface area contributed by atoms with Gasteiger partial charge in [0, 0.05) is 60.2 Å². The summed E-state index contributed by atoms with van der Waals surface area (Å²) in [6, 6.07) is 16.0. The zero-order valence-electron chi connectivity index (χ0n) is 35.5. The van der Waals surface area contributed by atoms with Crippen molar-refractivity contribution in [1.29, 1.82) is 0 Å². The largest absolute Gasteiger partial charge is 0.497 e. The first-order chi connectivity index (χ1) is 29.4. The number of methoxy groups -OCH3 is 2. The minimum atomic E-state index is -0.391. The standard InChI is InChI=1S/C50H62N4O6/c1-5-33-31-53-25-21-35(33)27-45(53)49(39-19-23-51-43-17-15-37(57-3)29-41(39)43)59-47(55)13-11-9-7-8-10-12-14-48(56)60-50(46-28-36-22-26-54(46)32-34(36)6-2)40-20-24-52-44-18-16-38(58-4)30-42(40)44/h5-6,15-20,23-24,29-30,33-36,45-46,49-50H,1-2,7-14,21-22,25-28,31-32H2,3-4H3/t33-,34-,35-,36-,45-,46-,49+,50+/m0/s1. The Morgan fingerprint density at radius 1 is 0.667 bits per heavy atom. The van der Waals surface area contributed by atoms with Crippen LogP contribution in [0.15, 0.2) is 86.2 Å². The van der Waals surface area contributed by atoms with Crippen LogP contribution in [-0.4, -0.2) is 84.2 Å². The van der Waals surface area contributed by atoms with E-state index in [-0.39, 0.29) is 24.0 Å². The molecule has 60 heavy (non-hydrogen) atoms. The second kappa shape index (κ2) is 19.3. The predicted octanol–water partition coefficient (Wildman–Crippen LogP) is 9.58. The Morgan fingerprint density at radius 2 is 1.10 bits per heavy atom. The van der Waals surface area contributed by atoms with E-state index in [0.717, 1.165) is 135 Å². The van der Waals surface area contributed by atoms with Crippen molar-refractivity contribution in [3.63, 3.8) is 0 Å². The summed E-state index contributed by atoms with van der Waals surface area (Å²) in [5.74, 6) is 3.24. The van der Waals surface area contributed by atoms with Crippen LogP contribution in [0.25, 0.3) is 21.8 Å². The minimum Gasteiger partial charge on any atom is -0.497 e. The number of benzene rings is 2. The Morgan fingerprint density at radius 3 is 1.48 bits per heavy atom. The molecule has 6 fully saturated rings. The highest BCUT2D eigenvalue weighted by molar-refractivity contribution is 5.85. The zero-order chi connectivity index (χ0) is 41.6. The maximum absolute atomic E-state index is 13.6. The molecule has 6 saturated heterocycles. The van der Waals surface area contributed by atoms with Gasteiger partial charge in [-0.1, -0.05) is 37.8 Å². The number of aromatic nitrogens is 2. The lowest BCUT2D eigenvalue weighted by Crippen LogP contribution is -2.55. The van der Waals surface area contributed by atoms with Crippen molar-refractivity contribution in [2.75, 3.05) is 40.4 Å². The maximum Gasteiger partial charge on any atom is 0.306 e. The Labute approximate surface area is 355 Å². The molecule has 2 aromatic carbocycles. The van der Waals surface area contributed by atoms with Crippen molar-refractivity contribution in [3.8, 4) is 11.5 Å². The third kappa shape index (κ3) is 9.10. The van der Waals surface area contributed by atoms with Gasteiger partial charge in [0.15, 0.2) is 0 Å². The van der Waals surface area contributed by atoms with Gasteiger partial charge in [0.1, 0.15) is 23.7 Å². The fraction of sp³-hybridized carbons (Fsp3) is 0.520. The summed E-state index contributed by atoms with van der Waals surface area (Å²) >= 11 is 0. The number of hydrogen-bond donors (Lipinski definition) is 0. The number of pyridine rings is 2. The second-order valence-electron chi connectivity index (χ2n) is 17.5. The molecule has 10 atom stereocenters. The number of fused-ring (bicyclic) bond motifs is 8. The molecule has 10 nitrogen and oxygen atoms in total. The normalized spacial score (nSPS) is 26.6. The molecule has 318 valence electrons. The summed E-state index contributed by atoms with van der Waals surface area (Å²) in [5, 5.41) is 1.92. The van der Waals surface area contributed by atoms with Crippen LogP contribution in [0.1, 0.15) is 100 Å². The van der Waals surface area contributed by atoms with Gasteiger partial charge in [-0.25, -0.2) is 0 Å². The van der Waals surface area contributed by atoms with Crippen LogP contribution < -0.4 is 9.47 Å². The van der Waals surface area contributed by atoms with E-state index in [1.807, 2.05) is 60.9 Å². The Kier molecular flexibility index (Phi) is 13.5. The van der Waals surface area contributed by atoms with E-state index in [1.165, 1.54) is 0 Å². The molecular weight excluding hydrogens is 753 g/mol. The number of hydrogen-bond acceptors (Lipinski definition) is 10. The third-order valence-electron chi connectivity index (χ3n) is 14.1. The SMILES string of the molecule is C=C[C@H]1CN2CC[C@H]1C[C@H]2[C@H](OC(=O)CCCCCCCCC(=O)O[C@H](c1ccnc2ccc(OC)cc12)[C@@H]1C[C@@H]2CCN1C[C@@H]2C=C)c1ccnc2ccc(OC)cc12. The van der Waals surface area contributed by atoms with Crippen molar-refractivity contribution in [2.45, 2.75) is 101 Å². The van der Waals surface area contributed by atoms with Crippen LogP contribution in [0, 0.1) is 23.7 Å². The number of ether oxygens (including phenoxy) is 4. The number of piperidine rings is 6. The first-order valence-corrected chi connectivity index (χ1v) is 22.3. The van der Waals surface area contributed by atoms with Gasteiger partial charge in [0.05, 0.1) is 37.3 Å². The van der Waals surface area contributed by atoms with Gasteiger partial charge in [-0.2, -0.15) is 0 Å². The molecule has 10 heteroatoms. The maximum atomic E-state index is 13.6. The quantitative estimate of drug-likeness (QED) is 0.0517. The highest BCUT2D eigenvalue weighted by atomic mass is 16.5. The molecule has 8 heterocycles. The lowest BCUT2D eigenvalue weighted by Gasteiger charge is -2.51. The molecule has 2 unspecified atom stereocenters. The Bertz CT molecular complexity index is 2010. The summed E-state index contributed by atoms with van der Waals surface area (Å²) in [4.78, 5) is 41.4. The molecule has 10 rings (SSSR count). The summed E-state index contributed by atoms with van der Waals surface area (Å²) in [5.41, 5.74) is 3.71. The molecule has 0 aliphatic carbocycles. The average molecular weight is 815 g/mol. The minimum absolute atomic E-state index is 0.107. The van der Waals surface area contributed by atoms with Crippen LogP contribution in [0.2, 0.25) is 0 Å². The van der Waals surface area contributed by atoms with Gasteiger partial charge in [0.25, 0.3) is 0 Å². The monoisotopic (exact) mass is 814 g/mol. The lowest BCUT2D eigenvalue weighted by molar-refractivity contribution is -0.158. The van der Waals surface area contributed by atoms with E-state index in [4.69, 9.17) is 18.9 Å². The van der Waals surface area contributed by atoms with E-state index in [1.54, 1.807) is 14.2 Å². The molecule has 4 aromatic rings. The van der Waals surface area contributed by atoms with E-state index >= 15 is 0 Å². The molecule has 0 radical (unpaired) electrons. The summed E-state index contributed by atoms with van der Waals surface area (Å²) in [6.45, 7) is 12.1. The highest BCUT2D eigenvalue weighted by Gasteiger charge is 2.45. The Hall–Kier alpha value is -4.80. The molecule has 0 saturated carbocycles. The van der Waals surface area contributed by atoms with E-state index in [0.29, 0.717) is 36.5 Å². The molecule has 4 bridgehead atoms. The van der Waals surface area contributed by atoms with E-state index in [2.05, 4.69) is 45.1 Å². The van der Waals surface area contributed by atoms with E-state index < -0.39 is 12.2 Å². The summed E-state index contributed by atoms with van der Waals surface area (Å²) < 4.78 is 24.1. The van der Waals surface area contributed by atoms with Crippen molar-refractivity contribution in [3.05, 3.63) is 97.4 Å². The van der Waals surface area contributed by atoms with Crippen molar-refractivity contribution < 1.29 is 28.5 Å². The Balaban J connectivity index is 0.836. The molecule has 0 amide bonds. The van der Waals surface area contributed by atoms with Crippen molar-refractivity contribution in [1.82, 2.24) is 19.8 Å². The van der Waals surface area contributed by atoms with Crippen LogP contribution in [0.5, 0.6) is 11.5 Å². The molecular formula is C50H62N4O6. The summed E-state index contributed by atoms with van der Waals surface area (Å²) in [7, 11) is 3.34. The molecule has 6 aliphatic heterocycles. The van der Waals surface area contributed by atoms with E-state index in [9.17, 15) is 9.59 Å². The number of rotatable bonds is 19. The van der Waals surface area contributed by atoms with Crippen molar-refractivity contribution in [2.24, 2.45) is 23.7 Å². The van der Waals surface area contributed by atoms with Gasteiger partial charge in [0.2, 0.25) is 0 Å². The summed E-state index contributed by atoms with van der Waals surface area (Å²) in [6.07, 6.45) is 17.5. The van der Waals surface area contributed by atoms with Gasteiger partial charge >= 0.3 is 11.9 Å². The van der Waals surface area contributed by atoms with Crippen LogP contribution in [0.3, 0.4) is 0 Å². The molecule has 6 aliphatic rings.